The molecule has 3 aromatic carbocycles. The highest BCUT2D eigenvalue weighted by Crippen LogP contribution is 2.37. The number of ether oxygens (including phenoxy) is 2. The lowest BCUT2D eigenvalue weighted by Gasteiger charge is -2.16. The van der Waals surface area contributed by atoms with Gasteiger partial charge in [-0.25, -0.2) is 8.78 Å². The van der Waals surface area contributed by atoms with Crippen molar-refractivity contribution < 1.29 is 18.3 Å². The van der Waals surface area contributed by atoms with E-state index in [2.05, 4.69) is 5.32 Å². The third-order valence-corrected chi connectivity index (χ3v) is 4.65. The normalized spacial score (nSPS) is 10.7. The quantitative estimate of drug-likeness (QED) is 0.417. The minimum Gasteiger partial charge on any atom is -0.490 e. The van der Waals surface area contributed by atoms with E-state index < -0.39 is 5.82 Å². The lowest BCUT2D eigenvalue weighted by molar-refractivity contribution is 0.269. The van der Waals surface area contributed by atoms with Gasteiger partial charge in [0.25, 0.3) is 0 Å². The maximum absolute atomic E-state index is 13.3. The predicted octanol–water partition coefficient (Wildman–Crippen LogP) is 6.86. The fraction of sp³-hybridized carbons (Fsp3) is 0.182. The molecule has 3 rings (SSSR count). The van der Waals surface area contributed by atoms with Crippen molar-refractivity contribution in [3.8, 4) is 11.5 Å². The summed E-state index contributed by atoms with van der Waals surface area (Å²) in [6.45, 7) is 2.96. The van der Waals surface area contributed by atoms with E-state index in [9.17, 15) is 8.78 Å². The van der Waals surface area contributed by atoms with Crippen molar-refractivity contribution in [1.29, 1.82) is 0 Å². The van der Waals surface area contributed by atoms with E-state index in [0.717, 1.165) is 11.1 Å². The van der Waals surface area contributed by atoms with Gasteiger partial charge in [-0.1, -0.05) is 35.3 Å². The van der Waals surface area contributed by atoms with Gasteiger partial charge in [0.2, 0.25) is 0 Å². The van der Waals surface area contributed by atoms with Gasteiger partial charge in [0.05, 0.1) is 16.7 Å². The molecule has 3 nitrogen and oxygen atoms in total. The Bertz CT molecular complexity index is 981. The Morgan fingerprint density at radius 2 is 1.62 bits per heavy atom. The molecule has 0 atom stereocenters. The molecule has 7 heteroatoms. The molecule has 0 heterocycles. The van der Waals surface area contributed by atoms with E-state index in [-0.39, 0.29) is 17.4 Å². The molecule has 0 saturated carbocycles. The lowest BCUT2D eigenvalue weighted by Crippen LogP contribution is -2.04. The first kappa shape index (κ1) is 21.2. The van der Waals surface area contributed by atoms with Gasteiger partial charge >= 0.3 is 0 Å². The van der Waals surface area contributed by atoms with E-state index >= 15 is 0 Å². The first-order valence-electron chi connectivity index (χ1n) is 8.97. The Kier molecular flexibility index (Phi) is 7.18. The largest absolute Gasteiger partial charge is 0.490 e. The Morgan fingerprint density at radius 3 is 2.31 bits per heavy atom. The van der Waals surface area contributed by atoms with Gasteiger partial charge in [-0.05, 0) is 60.5 Å². The average Bonchev–Trinajstić information content (AvgIpc) is 2.70. The van der Waals surface area contributed by atoms with Gasteiger partial charge < -0.3 is 14.8 Å². The number of halogens is 4. The predicted molar refractivity (Wildman–Crippen MR) is 112 cm³/mol. The molecular formula is C22H19Cl2F2NO2. The standard InChI is InChI=1S/C22H19Cl2F2NO2/c1-2-28-21-10-15(12-27-17-7-8-20(26)18(23)11-17)9-19(24)22(21)29-13-14-3-5-16(25)6-4-14/h3-11,27H,2,12-13H2,1H3. The number of anilines is 1. The van der Waals surface area contributed by atoms with Crippen LogP contribution in [0.5, 0.6) is 11.5 Å². The summed E-state index contributed by atoms with van der Waals surface area (Å²) in [5.41, 5.74) is 2.35. The van der Waals surface area contributed by atoms with E-state index in [1.165, 1.54) is 24.3 Å². The Hall–Kier alpha value is -2.50. The third kappa shape index (κ3) is 5.75. The van der Waals surface area contributed by atoms with Crippen LogP contribution in [0.3, 0.4) is 0 Å². The molecule has 152 valence electrons. The highest BCUT2D eigenvalue weighted by atomic mass is 35.5. The second-order valence-electron chi connectivity index (χ2n) is 6.24. The zero-order chi connectivity index (χ0) is 20.8. The second kappa shape index (κ2) is 9.81. The van der Waals surface area contributed by atoms with Crippen LogP contribution in [0.2, 0.25) is 10.0 Å². The van der Waals surface area contributed by atoms with Crippen molar-refractivity contribution in [1.82, 2.24) is 0 Å². The molecule has 1 N–H and O–H groups in total. The molecule has 0 unspecified atom stereocenters. The Balaban J connectivity index is 1.74. The van der Waals surface area contributed by atoms with Crippen molar-refractivity contribution >= 4 is 28.9 Å². The van der Waals surface area contributed by atoms with Crippen molar-refractivity contribution in [2.45, 2.75) is 20.1 Å². The van der Waals surface area contributed by atoms with Crippen LogP contribution < -0.4 is 14.8 Å². The van der Waals surface area contributed by atoms with Crippen LogP contribution in [0.1, 0.15) is 18.1 Å². The maximum Gasteiger partial charge on any atom is 0.180 e. The molecule has 3 aromatic rings. The Morgan fingerprint density at radius 1 is 0.862 bits per heavy atom. The minimum atomic E-state index is -0.471. The summed E-state index contributed by atoms with van der Waals surface area (Å²) in [7, 11) is 0. The van der Waals surface area contributed by atoms with Gasteiger partial charge in [-0.15, -0.1) is 0 Å². The van der Waals surface area contributed by atoms with Crippen molar-refractivity contribution in [3.63, 3.8) is 0 Å². The number of hydrogen-bond acceptors (Lipinski definition) is 3. The average molecular weight is 438 g/mol. The molecule has 0 spiro atoms. The van der Waals surface area contributed by atoms with E-state index in [0.29, 0.717) is 35.4 Å². The first-order valence-corrected chi connectivity index (χ1v) is 9.73. The summed E-state index contributed by atoms with van der Waals surface area (Å²) in [5, 5.41) is 3.61. The van der Waals surface area contributed by atoms with Crippen molar-refractivity contribution in [3.05, 3.63) is 87.4 Å². The molecule has 0 aliphatic carbocycles. The first-order chi connectivity index (χ1) is 14.0. The fourth-order valence-corrected chi connectivity index (χ4v) is 3.14. The number of nitrogens with one attached hydrogen (secondary N) is 1. The molecular weight excluding hydrogens is 419 g/mol. The molecule has 0 aromatic heterocycles. The molecule has 0 radical (unpaired) electrons. The molecule has 0 fully saturated rings. The smallest absolute Gasteiger partial charge is 0.180 e. The summed E-state index contributed by atoms with van der Waals surface area (Å²) < 4.78 is 37.9. The van der Waals surface area contributed by atoms with Crippen LogP contribution in [0.15, 0.2) is 54.6 Å². The van der Waals surface area contributed by atoms with E-state index in [4.69, 9.17) is 32.7 Å². The molecule has 0 saturated heterocycles. The van der Waals surface area contributed by atoms with Crippen molar-refractivity contribution in [2.24, 2.45) is 0 Å². The van der Waals surface area contributed by atoms with Crippen LogP contribution in [0, 0.1) is 11.6 Å². The van der Waals surface area contributed by atoms with Gasteiger partial charge in [-0.3, -0.25) is 0 Å². The molecule has 0 amide bonds. The molecule has 0 aliphatic rings. The fourth-order valence-electron chi connectivity index (χ4n) is 2.67. The third-order valence-electron chi connectivity index (χ3n) is 4.08. The minimum absolute atomic E-state index is 0.0487. The highest BCUT2D eigenvalue weighted by molar-refractivity contribution is 6.32. The van der Waals surface area contributed by atoms with Crippen LogP contribution in [0.4, 0.5) is 14.5 Å². The van der Waals surface area contributed by atoms with Crippen LogP contribution in [0.25, 0.3) is 0 Å². The van der Waals surface area contributed by atoms with Gasteiger partial charge in [-0.2, -0.15) is 0 Å². The zero-order valence-electron chi connectivity index (χ0n) is 15.6. The van der Waals surface area contributed by atoms with Crippen LogP contribution in [-0.4, -0.2) is 6.61 Å². The summed E-state index contributed by atoms with van der Waals surface area (Å²) in [6, 6.07) is 14.1. The number of hydrogen-bond donors (Lipinski definition) is 1. The monoisotopic (exact) mass is 437 g/mol. The van der Waals surface area contributed by atoms with Crippen LogP contribution >= 0.6 is 23.2 Å². The maximum atomic E-state index is 13.3. The summed E-state index contributed by atoms with van der Waals surface area (Å²) in [6.07, 6.45) is 0. The van der Waals surface area contributed by atoms with Gasteiger partial charge in [0, 0.05) is 12.2 Å². The molecule has 0 bridgehead atoms. The SMILES string of the molecule is CCOc1cc(CNc2ccc(F)c(Cl)c2)cc(Cl)c1OCc1ccc(F)cc1. The zero-order valence-corrected chi connectivity index (χ0v) is 17.2. The summed E-state index contributed by atoms with van der Waals surface area (Å²) >= 11 is 12.2. The van der Waals surface area contributed by atoms with Gasteiger partial charge in [0.1, 0.15) is 18.2 Å². The highest BCUT2D eigenvalue weighted by Gasteiger charge is 2.13. The van der Waals surface area contributed by atoms with E-state index in [1.807, 2.05) is 13.0 Å². The molecule has 0 aliphatic heterocycles. The van der Waals surface area contributed by atoms with Crippen molar-refractivity contribution in [2.75, 3.05) is 11.9 Å². The summed E-state index contributed by atoms with van der Waals surface area (Å²) in [5.74, 6) is 0.158. The number of rotatable bonds is 8. The number of benzene rings is 3. The summed E-state index contributed by atoms with van der Waals surface area (Å²) in [4.78, 5) is 0. The lowest BCUT2D eigenvalue weighted by atomic mass is 10.2. The molecule has 29 heavy (non-hydrogen) atoms. The topological polar surface area (TPSA) is 30.5 Å². The Labute approximate surface area is 178 Å². The van der Waals surface area contributed by atoms with Gasteiger partial charge in [0.15, 0.2) is 11.5 Å². The van der Waals surface area contributed by atoms with E-state index in [1.54, 1.807) is 24.3 Å². The van der Waals surface area contributed by atoms with Crippen LogP contribution in [-0.2, 0) is 13.2 Å². The second-order valence-corrected chi connectivity index (χ2v) is 7.05.